The van der Waals surface area contributed by atoms with Crippen LogP contribution in [-0.2, 0) is 6.42 Å². The first-order valence-corrected chi connectivity index (χ1v) is 9.17. The molecule has 1 unspecified atom stereocenters. The van der Waals surface area contributed by atoms with Gasteiger partial charge in [-0.25, -0.2) is 0 Å². The van der Waals surface area contributed by atoms with E-state index in [0.29, 0.717) is 12.1 Å². The molecule has 116 valence electrons. The van der Waals surface area contributed by atoms with Crippen molar-refractivity contribution in [1.29, 1.82) is 0 Å². The maximum Gasteiger partial charge on any atom is 0.0731 e. The van der Waals surface area contributed by atoms with E-state index in [1.807, 2.05) is 18.4 Å². The molecule has 0 aliphatic carbocycles. The van der Waals surface area contributed by atoms with Crippen LogP contribution in [0.4, 0.5) is 0 Å². The molecule has 5 heteroatoms. The highest BCUT2D eigenvalue weighted by Crippen LogP contribution is 2.32. The minimum absolute atomic E-state index is 0.324. The van der Waals surface area contributed by atoms with Crippen molar-refractivity contribution in [2.45, 2.75) is 52.1 Å². The predicted molar refractivity (Wildman–Crippen MR) is 94.1 cm³/mol. The number of nitrogens with one attached hydrogen (secondary N) is 1. The summed E-state index contributed by atoms with van der Waals surface area (Å²) in [6.07, 6.45) is 5.31. The molecular weight excluding hydrogens is 346 g/mol. The van der Waals surface area contributed by atoms with E-state index >= 15 is 0 Å². The third-order valence-electron chi connectivity index (χ3n) is 3.96. The number of halogens is 1. The highest BCUT2D eigenvalue weighted by atomic mass is 79.9. The van der Waals surface area contributed by atoms with Crippen LogP contribution in [0.3, 0.4) is 0 Å². The molecule has 0 aliphatic rings. The van der Waals surface area contributed by atoms with Gasteiger partial charge >= 0.3 is 0 Å². The van der Waals surface area contributed by atoms with Gasteiger partial charge in [0, 0.05) is 23.5 Å². The Bertz CT molecular complexity index is 552. The summed E-state index contributed by atoms with van der Waals surface area (Å²) >= 11 is 5.42. The van der Waals surface area contributed by atoms with E-state index in [1.165, 1.54) is 14.2 Å². The quantitative estimate of drug-likeness (QED) is 0.753. The predicted octanol–water partition coefficient (Wildman–Crippen LogP) is 4.88. The maximum atomic E-state index is 4.76. The van der Waals surface area contributed by atoms with Gasteiger partial charge in [0.05, 0.1) is 15.5 Å². The third kappa shape index (κ3) is 3.96. The molecule has 0 bridgehead atoms. The van der Waals surface area contributed by atoms with Crippen LogP contribution in [0.25, 0.3) is 0 Å². The monoisotopic (exact) mass is 369 g/mol. The number of hydrogen-bond acceptors (Lipinski definition) is 3. The van der Waals surface area contributed by atoms with Crippen LogP contribution in [0.1, 0.15) is 54.9 Å². The van der Waals surface area contributed by atoms with Gasteiger partial charge in [-0.1, -0.05) is 13.8 Å². The third-order valence-corrected chi connectivity index (χ3v) is 6.21. The first kappa shape index (κ1) is 16.7. The lowest BCUT2D eigenvalue weighted by molar-refractivity contribution is 0.423. The van der Waals surface area contributed by atoms with Crippen LogP contribution in [-0.4, -0.2) is 16.8 Å². The van der Waals surface area contributed by atoms with Crippen molar-refractivity contribution in [2.24, 2.45) is 0 Å². The molecule has 2 aromatic heterocycles. The Kier molecular flexibility index (Phi) is 6.02. The number of aromatic nitrogens is 2. The van der Waals surface area contributed by atoms with Gasteiger partial charge in [-0.2, -0.15) is 5.10 Å². The van der Waals surface area contributed by atoms with Gasteiger partial charge in [0.15, 0.2) is 0 Å². The summed E-state index contributed by atoms with van der Waals surface area (Å²) in [5.74, 6) is 0. The zero-order valence-corrected chi connectivity index (χ0v) is 15.6. The minimum Gasteiger partial charge on any atom is -0.312 e. The summed E-state index contributed by atoms with van der Waals surface area (Å²) in [7, 11) is 2.02. The molecule has 0 aliphatic heterocycles. The van der Waals surface area contributed by atoms with E-state index in [4.69, 9.17) is 5.10 Å². The van der Waals surface area contributed by atoms with Gasteiger partial charge in [0.2, 0.25) is 0 Å². The number of rotatable bonds is 7. The number of hydrogen-bond donors (Lipinski definition) is 1. The Morgan fingerprint density at radius 2 is 2.10 bits per heavy atom. The molecule has 2 aromatic rings. The van der Waals surface area contributed by atoms with Crippen LogP contribution in [0.2, 0.25) is 0 Å². The number of thiophene rings is 1. The maximum absolute atomic E-state index is 4.76. The van der Waals surface area contributed by atoms with E-state index in [1.54, 1.807) is 0 Å². The molecule has 0 aromatic carbocycles. The van der Waals surface area contributed by atoms with Crippen LogP contribution < -0.4 is 5.32 Å². The number of nitrogens with zero attached hydrogens (tertiary/aromatic N) is 2. The summed E-state index contributed by atoms with van der Waals surface area (Å²) in [5, 5.41) is 8.18. The van der Waals surface area contributed by atoms with E-state index in [0.717, 1.165) is 25.0 Å². The fraction of sp³-hybridized carbons (Fsp3) is 0.562. The Morgan fingerprint density at radius 3 is 2.62 bits per heavy atom. The second-order valence-corrected chi connectivity index (χ2v) is 7.81. The molecule has 0 fully saturated rings. The molecule has 0 spiro atoms. The van der Waals surface area contributed by atoms with Crippen molar-refractivity contribution in [2.75, 3.05) is 7.05 Å². The lowest BCUT2D eigenvalue weighted by Crippen LogP contribution is -2.18. The summed E-state index contributed by atoms with van der Waals surface area (Å²) in [5.41, 5.74) is 2.46. The fourth-order valence-corrected chi connectivity index (χ4v) is 4.24. The summed E-state index contributed by atoms with van der Waals surface area (Å²) < 4.78 is 3.35. The van der Waals surface area contributed by atoms with E-state index < -0.39 is 0 Å². The lowest BCUT2D eigenvalue weighted by Gasteiger charge is -2.14. The largest absolute Gasteiger partial charge is 0.312 e. The SMILES string of the molecule is CCC(CC)n1ccc(CC(NC)c2cc(C)c(Br)s2)n1. The standard InChI is InChI=1S/C16H24BrN3S/c1-5-13(6-2)20-8-7-12(19-20)10-14(18-4)15-9-11(3)16(17)21-15/h7-9,13-14,18H,5-6,10H2,1-4H3. The molecule has 1 atom stereocenters. The van der Waals surface area contributed by atoms with Gasteiger partial charge in [-0.05, 0) is 60.4 Å². The van der Waals surface area contributed by atoms with Crippen LogP contribution in [0.5, 0.6) is 0 Å². The molecule has 0 saturated heterocycles. The average molecular weight is 370 g/mol. The van der Waals surface area contributed by atoms with Gasteiger partial charge in [-0.3, -0.25) is 4.68 Å². The molecular formula is C16H24BrN3S. The van der Waals surface area contributed by atoms with Gasteiger partial charge < -0.3 is 5.32 Å². The fourth-order valence-electron chi connectivity index (χ4n) is 2.56. The topological polar surface area (TPSA) is 29.9 Å². The normalized spacial score (nSPS) is 13.0. The molecule has 1 N–H and O–H groups in total. The van der Waals surface area contributed by atoms with E-state index in [2.05, 4.69) is 65.0 Å². The molecule has 0 saturated carbocycles. The second-order valence-electron chi connectivity index (χ2n) is 5.41. The summed E-state index contributed by atoms with van der Waals surface area (Å²) in [4.78, 5) is 1.36. The molecule has 2 rings (SSSR count). The number of aryl methyl sites for hydroxylation is 1. The molecule has 21 heavy (non-hydrogen) atoms. The molecule has 0 radical (unpaired) electrons. The molecule has 2 heterocycles. The second kappa shape index (κ2) is 7.56. The summed E-state index contributed by atoms with van der Waals surface area (Å²) in [6.45, 7) is 6.58. The smallest absolute Gasteiger partial charge is 0.0731 e. The average Bonchev–Trinajstić information content (AvgIpc) is 3.06. The van der Waals surface area contributed by atoms with Gasteiger partial charge in [0.25, 0.3) is 0 Å². The Morgan fingerprint density at radius 1 is 1.38 bits per heavy atom. The van der Waals surface area contributed by atoms with E-state index in [-0.39, 0.29) is 0 Å². The van der Waals surface area contributed by atoms with Crippen molar-refractivity contribution >= 4 is 27.3 Å². The first-order valence-electron chi connectivity index (χ1n) is 7.56. The highest BCUT2D eigenvalue weighted by Gasteiger charge is 2.16. The van der Waals surface area contributed by atoms with Crippen LogP contribution in [0, 0.1) is 6.92 Å². The Labute approximate surface area is 139 Å². The van der Waals surface area contributed by atoms with Crippen molar-refractivity contribution < 1.29 is 0 Å². The van der Waals surface area contributed by atoms with E-state index in [9.17, 15) is 0 Å². The van der Waals surface area contributed by atoms with Gasteiger partial charge in [0.1, 0.15) is 0 Å². The van der Waals surface area contributed by atoms with Crippen molar-refractivity contribution in [3.05, 3.63) is 38.3 Å². The van der Waals surface area contributed by atoms with Crippen molar-refractivity contribution in [3.8, 4) is 0 Å². The highest BCUT2D eigenvalue weighted by molar-refractivity contribution is 9.11. The van der Waals surface area contributed by atoms with Crippen molar-refractivity contribution in [3.63, 3.8) is 0 Å². The lowest BCUT2D eigenvalue weighted by atomic mass is 10.1. The van der Waals surface area contributed by atoms with Crippen LogP contribution >= 0.6 is 27.3 Å². The zero-order valence-electron chi connectivity index (χ0n) is 13.2. The van der Waals surface area contributed by atoms with Crippen molar-refractivity contribution in [1.82, 2.24) is 15.1 Å². The Balaban J connectivity index is 2.12. The Hall–Kier alpha value is -0.650. The first-order chi connectivity index (χ1) is 10.1. The summed E-state index contributed by atoms with van der Waals surface area (Å²) in [6, 6.07) is 5.25. The van der Waals surface area contributed by atoms with Crippen LogP contribution in [0.15, 0.2) is 22.1 Å². The molecule has 3 nitrogen and oxygen atoms in total. The minimum atomic E-state index is 0.324. The molecule has 0 amide bonds. The zero-order chi connectivity index (χ0) is 15.4. The number of likely N-dealkylation sites (N-methyl/N-ethyl adjacent to an activating group) is 1. The van der Waals surface area contributed by atoms with Gasteiger partial charge in [-0.15, -0.1) is 11.3 Å².